The van der Waals surface area contributed by atoms with Crippen molar-refractivity contribution < 1.29 is 4.74 Å². The number of hydrogen-bond donors (Lipinski definition) is 1. The highest BCUT2D eigenvalue weighted by Crippen LogP contribution is 2.19. The van der Waals surface area contributed by atoms with Crippen molar-refractivity contribution in [3.05, 3.63) is 12.4 Å². The standard InChI is InChI=1S/C12H23N3O/c1-5-6-11(9-16-4)15-8-7-13-12(15)14-10(2)3/h7-8,10-11H,5-6,9H2,1-4H3,(H,13,14). The van der Waals surface area contributed by atoms with Crippen LogP contribution in [0.4, 0.5) is 5.95 Å². The smallest absolute Gasteiger partial charge is 0.203 e. The first-order valence-electron chi connectivity index (χ1n) is 5.97. The Balaban J connectivity index is 2.77. The Morgan fingerprint density at radius 2 is 2.25 bits per heavy atom. The minimum Gasteiger partial charge on any atom is -0.383 e. The van der Waals surface area contributed by atoms with Crippen molar-refractivity contribution in [3.63, 3.8) is 0 Å². The molecule has 0 aromatic carbocycles. The van der Waals surface area contributed by atoms with E-state index in [0.717, 1.165) is 25.4 Å². The molecule has 4 heteroatoms. The van der Waals surface area contributed by atoms with E-state index < -0.39 is 0 Å². The number of methoxy groups -OCH3 is 1. The zero-order valence-corrected chi connectivity index (χ0v) is 10.7. The number of nitrogens with one attached hydrogen (secondary N) is 1. The summed E-state index contributed by atoms with van der Waals surface area (Å²) >= 11 is 0. The maximum absolute atomic E-state index is 5.26. The van der Waals surface area contributed by atoms with Crippen molar-refractivity contribution in [1.82, 2.24) is 9.55 Å². The Morgan fingerprint density at radius 1 is 1.50 bits per heavy atom. The Bertz CT molecular complexity index is 290. The summed E-state index contributed by atoms with van der Waals surface area (Å²) < 4.78 is 7.44. The Morgan fingerprint density at radius 3 is 2.81 bits per heavy atom. The number of rotatable bonds is 7. The summed E-state index contributed by atoms with van der Waals surface area (Å²) in [7, 11) is 1.75. The van der Waals surface area contributed by atoms with Gasteiger partial charge in [0.25, 0.3) is 0 Å². The molecule has 0 aliphatic carbocycles. The fraction of sp³-hybridized carbons (Fsp3) is 0.750. The minimum absolute atomic E-state index is 0.374. The molecule has 1 aromatic rings. The summed E-state index contributed by atoms with van der Waals surface area (Å²) in [6.45, 7) is 7.15. The molecular weight excluding hydrogens is 202 g/mol. The fourth-order valence-electron chi connectivity index (χ4n) is 1.81. The van der Waals surface area contributed by atoms with Crippen LogP contribution < -0.4 is 5.32 Å². The van der Waals surface area contributed by atoms with Crippen LogP contribution in [0.15, 0.2) is 12.4 Å². The van der Waals surface area contributed by atoms with Gasteiger partial charge in [0.2, 0.25) is 5.95 Å². The molecule has 0 aliphatic heterocycles. The van der Waals surface area contributed by atoms with Crippen LogP contribution in [0.5, 0.6) is 0 Å². The molecule has 0 bridgehead atoms. The topological polar surface area (TPSA) is 39.1 Å². The first kappa shape index (κ1) is 13.0. The molecule has 0 aliphatic rings. The van der Waals surface area contributed by atoms with Crippen molar-refractivity contribution in [2.24, 2.45) is 0 Å². The van der Waals surface area contributed by atoms with Crippen LogP contribution in [0, 0.1) is 0 Å². The van der Waals surface area contributed by atoms with E-state index >= 15 is 0 Å². The highest BCUT2D eigenvalue weighted by atomic mass is 16.5. The lowest BCUT2D eigenvalue weighted by Gasteiger charge is -2.20. The predicted molar refractivity (Wildman–Crippen MR) is 66.8 cm³/mol. The van der Waals surface area contributed by atoms with E-state index in [1.807, 2.05) is 12.4 Å². The molecule has 0 saturated carbocycles. The van der Waals surface area contributed by atoms with E-state index in [1.165, 1.54) is 0 Å². The summed E-state index contributed by atoms with van der Waals surface area (Å²) in [5.74, 6) is 0.936. The van der Waals surface area contributed by atoms with Gasteiger partial charge in [0, 0.05) is 25.5 Å². The van der Waals surface area contributed by atoms with E-state index in [4.69, 9.17) is 4.74 Å². The van der Waals surface area contributed by atoms with Crippen LogP contribution in [-0.2, 0) is 4.74 Å². The zero-order valence-electron chi connectivity index (χ0n) is 10.7. The molecule has 1 heterocycles. The Labute approximate surface area is 98.0 Å². The zero-order chi connectivity index (χ0) is 12.0. The Kier molecular flexibility index (Phi) is 5.32. The maximum Gasteiger partial charge on any atom is 0.203 e. The third kappa shape index (κ3) is 3.52. The second-order valence-electron chi connectivity index (χ2n) is 4.35. The van der Waals surface area contributed by atoms with E-state index in [0.29, 0.717) is 12.1 Å². The van der Waals surface area contributed by atoms with Gasteiger partial charge in [-0.3, -0.25) is 0 Å². The number of hydrogen-bond acceptors (Lipinski definition) is 3. The molecule has 16 heavy (non-hydrogen) atoms. The molecule has 1 aromatic heterocycles. The van der Waals surface area contributed by atoms with Gasteiger partial charge in [0.05, 0.1) is 12.6 Å². The number of nitrogens with zero attached hydrogens (tertiary/aromatic N) is 2. The molecule has 1 N–H and O–H groups in total. The third-order valence-corrected chi connectivity index (χ3v) is 2.46. The monoisotopic (exact) mass is 225 g/mol. The van der Waals surface area contributed by atoms with Crippen LogP contribution in [0.3, 0.4) is 0 Å². The number of imidazole rings is 1. The molecule has 0 saturated heterocycles. The number of anilines is 1. The molecule has 0 radical (unpaired) electrons. The van der Waals surface area contributed by atoms with Crippen LogP contribution in [0.25, 0.3) is 0 Å². The van der Waals surface area contributed by atoms with Gasteiger partial charge >= 0.3 is 0 Å². The largest absolute Gasteiger partial charge is 0.383 e. The van der Waals surface area contributed by atoms with E-state index in [9.17, 15) is 0 Å². The third-order valence-electron chi connectivity index (χ3n) is 2.46. The van der Waals surface area contributed by atoms with E-state index in [1.54, 1.807) is 7.11 Å². The molecule has 92 valence electrons. The highest BCUT2D eigenvalue weighted by molar-refractivity contribution is 5.27. The summed E-state index contributed by atoms with van der Waals surface area (Å²) in [6.07, 6.45) is 6.11. The van der Waals surface area contributed by atoms with Gasteiger partial charge < -0.3 is 14.6 Å². The van der Waals surface area contributed by atoms with Crippen molar-refractivity contribution in [2.45, 2.75) is 45.7 Å². The average molecular weight is 225 g/mol. The van der Waals surface area contributed by atoms with Crippen molar-refractivity contribution in [2.75, 3.05) is 19.0 Å². The van der Waals surface area contributed by atoms with Gasteiger partial charge in [0.15, 0.2) is 0 Å². The van der Waals surface area contributed by atoms with E-state index in [2.05, 4.69) is 35.6 Å². The summed E-state index contributed by atoms with van der Waals surface area (Å²) in [5, 5.41) is 3.35. The molecule has 1 rings (SSSR count). The van der Waals surface area contributed by atoms with Gasteiger partial charge in [-0.05, 0) is 20.3 Å². The van der Waals surface area contributed by atoms with Gasteiger partial charge in [-0.2, -0.15) is 0 Å². The summed E-state index contributed by atoms with van der Waals surface area (Å²) in [4.78, 5) is 4.34. The minimum atomic E-state index is 0.374. The van der Waals surface area contributed by atoms with Gasteiger partial charge in [-0.15, -0.1) is 0 Å². The molecule has 1 unspecified atom stereocenters. The first-order chi connectivity index (χ1) is 7.69. The molecule has 0 spiro atoms. The lowest BCUT2D eigenvalue weighted by molar-refractivity contribution is 0.151. The molecule has 0 amide bonds. The predicted octanol–water partition coefficient (Wildman–Crippen LogP) is 2.69. The molecule has 0 fully saturated rings. The summed E-state index contributed by atoms with van der Waals surface area (Å²) in [5.41, 5.74) is 0. The molecule has 1 atom stereocenters. The average Bonchev–Trinajstić information content (AvgIpc) is 2.64. The van der Waals surface area contributed by atoms with Crippen LogP contribution in [0.1, 0.15) is 39.7 Å². The van der Waals surface area contributed by atoms with Crippen LogP contribution in [0.2, 0.25) is 0 Å². The van der Waals surface area contributed by atoms with Crippen LogP contribution in [-0.4, -0.2) is 29.3 Å². The highest BCUT2D eigenvalue weighted by Gasteiger charge is 2.14. The van der Waals surface area contributed by atoms with Gasteiger partial charge in [0.1, 0.15) is 0 Å². The molecule has 4 nitrogen and oxygen atoms in total. The van der Waals surface area contributed by atoms with Crippen LogP contribution >= 0.6 is 0 Å². The van der Waals surface area contributed by atoms with Crippen molar-refractivity contribution in [1.29, 1.82) is 0 Å². The van der Waals surface area contributed by atoms with Crippen molar-refractivity contribution >= 4 is 5.95 Å². The van der Waals surface area contributed by atoms with Gasteiger partial charge in [-0.1, -0.05) is 13.3 Å². The number of aromatic nitrogens is 2. The van der Waals surface area contributed by atoms with Crippen molar-refractivity contribution in [3.8, 4) is 0 Å². The second-order valence-corrected chi connectivity index (χ2v) is 4.35. The lowest BCUT2D eigenvalue weighted by Crippen LogP contribution is -2.20. The maximum atomic E-state index is 5.26. The van der Waals surface area contributed by atoms with E-state index in [-0.39, 0.29) is 0 Å². The lowest BCUT2D eigenvalue weighted by atomic mass is 10.2. The second kappa shape index (κ2) is 6.53. The number of ether oxygens (including phenoxy) is 1. The Hall–Kier alpha value is -1.03. The SMILES string of the molecule is CCCC(COC)n1ccnc1NC(C)C. The quantitative estimate of drug-likeness (QED) is 0.775. The summed E-state index contributed by atoms with van der Waals surface area (Å²) in [6, 6.07) is 0.768. The first-order valence-corrected chi connectivity index (χ1v) is 5.97. The molecular formula is C12H23N3O. The normalized spacial score (nSPS) is 13.1. The van der Waals surface area contributed by atoms with Gasteiger partial charge in [-0.25, -0.2) is 4.98 Å². The fourth-order valence-corrected chi connectivity index (χ4v) is 1.81.